The number of nitrogens with one attached hydrogen (secondary N) is 1. The minimum atomic E-state index is 0.118. The first-order chi connectivity index (χ1) is 11.8. The number of aromatic nitrogens is 2. The highest BCUT2D eigenvalue weighted by molar-refractivity contribution is 5.82. The van der Waals surface area contributed by atoms with Gasteiger partial charge in [0, 0.05) is 37.3 Å². The topological polar surface area (TPSA) is 45.5 Å². The summed E-state index contributed by atoms with van der Waals surface area (Å²) in [7, 11) is 1.86. The summed E-state index contributed by atoms with van der Waals surface area (Å²) in [6.45, 7) is 11.1. The second kappa shape index (κ2) is 6.54. The van der Waals surface area contributed by atoms with Gasteiger partial charge >= 0.3 is 0 Å². The zero-order valence-electron chi connectivity index (χ0n) is 16.0. The van der Waals surface area contributed by atoms with Crippen molar-refractivity contribution in [1.82, 2.24) is 20.0 Å². The molecule has 0 bridgehead atoms. The van der Waals surface area contributed by atoms with E-state index in [4.69, 9.17) is 0 Å². The molecule has 1 fully saturated rings. The predicted octanol–water partition coefficient (Wildman–Crippen LogP) is 3.11. The molecule has 2 aromatic rings. The fourth-order valence-corrected chi connectivity index (χ4v) is 3.23. The number of benzene rings is 1. The van der Waals surface area contributed by atoms with Crippen LogP contribution in [0.1, 0.15) is 33.3 Å². The first kappa shape index (κ1) is 17.5. The smallest absolute Gasteiger partial charge is 0.194 e. The number of nitrogens with zero attached hydrogens (tertiary/aromatic N) is 4. The number of likely N-dealkylation sites (tertiary alicyclic amines) is 1. The third kappa shape index (κ3) is 3.28. The van der Waals surface area contributed by atoms with Gasteiger partial charge < -0.3 is 10.2 Å². The van der Waals surface area contributed by atoms with E-state index in [-0.39, 0.29) is 5.54 Å². The Labute approximate surface area is 150 Å². The molecular formula is C20H29N5. The molecule has 1 aliphatic heterocycles. The van der Waals surface area contributed by atoms with Crippen LogP contribution in [0.15, 0.2) is 47.7 Å². The van der Waals surface area contributed by atoms with Crippen LogP contribution in [0.5, 0.6) is 0 Å². The van der Waals surface area contributed by atoms with E-state index in [1.165, 1.54) is 5.56 Å². The molecule has 134 valence electrons. The molecule has 25 heavy (non-hydrogen) atoms. The van der Waals surface area contributed by atoms with Crippen molar-refractivity contribution in [3.05, 3.63) is 48.3 Å². The lowest BCUT2D eigenvalue weighted by atomic mass is 9.65. The molecule has 1 aromatic carbocycles. The van der Waals surface area contributed by atoms with Crippen LogP contribution in [0.2, 0.25) is 0 Å². The van der Waals surface area contributed by atoms with E-state index in [9.17, 15) is 0 Å². The molecule has 1 aromatic heterocycles. The van der Waals surface area contributed by atoms with E-state index in [0.29, 0.717) is 5.41 Å². The van der Waals surface area contributed by atoms with Gasteiger partial charge in [0.25, 0.3) is 0 Å². The Morgan fingerprint density at radius 1 is 1.20 bits per heavy atom. The van der Waals surface area contributed by atoms with Crippen molar-refractivity contribution in [2.24, 2.45) is 10.4 Å². The molecule has 0 amide bonds. The van der Waals surface area contributed by atoms with Crippen molar-refractivity contribution in [3.63, 3.8) is 0 Å². The molecule has 2 heterocycles. The van der Waals surface area contributed by atoms with E-state index < -0.39 is 0 Å². The molecule has 1 saturated heterocycles. The van der Waals surface area contributed by atoms with Gasteiger partial charge in [0.2, 0.25) is 0 Å². The highest BCUT2D eigenvalue weighted by atomic mass is 15.4. The maximum absolute atomic E-state index is 4.47. The maximum Gasteiger partial charge on any atom is 0.194 e. The molecule has 0 aliphatic carbocycles. The number of hydrogen-bond acceptors (Lipinski definition) is 2. The second-order valence-corrected chi connectivity index (χ2v) is 7.88. The van der Waals surface area contributed by atoms with Crippen molar-refractivity contribution in [2.75, 3.05) is 20.1 Å². The Bertz CT molecular complexity index is 742. The summed E-state index contributed by atoms with van der Waals surface area (Å²) in [6, 6.07) is 10.2. The minimum absolute atomic E-state index is 0.118. The van der Waals surface area contributed by atoms with Gasteiger partial charge in [-0.15, -0.1) is 0 Å². The molecule has 0 atom stereocenters. The van der Waals surface area contributed by atoms with Crippen LogP contribution in [0.4, 0.5) is 0 Å². The monoisotopic (exact) mass is 339 g/mol. The van der Waals surface area contributed by atoms with Gasteiger partial charge in [-0.3, -0.25) is 4.99 Å². The molecule has 5 heteroatoms. The number of hydrogen-bond donors (Lipinski definition) is 1. The van der Waals surface area contributed by atoms with Crippen molar-refractivity contribution in [2.45, 2.75) is 39.7 Å². The van der Waals surface area contributed by atoms with Crippen LogP contribution in [0, 0.1) is 5.41 Å². The van der Waals surface area contributed by atoms with Gasteiger partial charge in [0.1, 0.15) is 0 Å². The number of aliphatic imine (C=N–C) groups is 1. The summed E-state index contributed by atoms with van der Waals surface area (Å²) in [6.07, 6.45) is 4.95. The average molecular weight is 339 g/mol. The van der Waals surface area contributed by atoms with Crippen LogP contribution in [-0.2, 0) is 6.42 Å². The molecule has 5 nitrogen and oxygen atoms in total. The molecule has 0 saturated carbocycles. The SMILES string of the molecule is CN=C(NCCc1cnn(-c2ccccc2)c1)N1CC(C)(C)C1(C)C. The van der Waals surface area contributed by atoms with Crippen LogP contribution < -0.4 is 5.32 Å². The van der Waals surface area contributed by atoms with Crippen LogP contribution in [0.25, 0.3) is 5.69 Å². The highest BCUT2D eigenvalue weighted by Crippen LogP contribution is 2.46. The lowest BCUT2D eigenvalue weighted by Crippen LogP contribution is -2.72. The molecule has 1 N–H and O–H groups in total. The summed E-state index contributed by atoms with van der Waals surface area (Å²) < 4.78 is 1.92. The minimum Gasteiger partial charge on any atom is -0.356 e. The molecule has 0 radical (unpaired) electrons. The molecule has 0 unspecified atom stereocenters. The summed E-state index contributed by atoms with van der Waals surface area (Å²) in [4.78, 5) is 6.83. The third-order valence-corrected chi connectivity index (χ3v) is 5.71. The first-order valence-corrected chi connectivity index (χ1v) is 8.92. The summed E-state index contributed by atoms with van der Waals surface area (Å²) in [5.41, 5.74) is 2.73. The van der Waals surface area contributed by atoms with Crippen LogP contribution >= 0.6 is 0 Å². The van der Waals surface area contributed by atoms with E-state index >= 15 is 0 Å². The van der Waals surface area contributed by atoms with Gasteiger partial charge in [0.05, 0.1) is 11.9 Å². The normalized spacial score (nSPS) is 18.8. The third-order valence-electron chi connectivity index (χ3n) is 5.71. The summed E-state index contributed by atoms with van der Waals surface area (Å²) in [5.74, 6) is 0.986. The average Bonchev–Trinajstić information content (AvgIpc) is 3.07. The highest BCUT2D eigenvalue weighted by Gasteiger charge is 2.53. The Hall–Kier alpha value is -2.30. The van der Waals surface area contributed by atoms with Crippen molar-refractivity contribution in [1.29, 1.82) is 0 Å². The molecular weight excluding hydrogens is 310 g/mol. The van der Waals surface area contributed by atoms with E-state index in [1.54, 1.807) is 0 Å². The van der Waals surface area contributed by atoms with Gasteiger partial charge in [-0.05, 0) is 38.0 Å². The number of para-hydroxylation sites is 1. The zero-order valence-corrected chi connectivity index (χ0v) is 16.0. The Balaban J connectivity index is 1.55. The fourth-order valence-electron chi connectivity index (χ4n) is 3.23. The lowest BCUT2D eigenvalue weighted by Gasteiger charge is -2.62. The van der Waals surface area contributed by atoms with Crippen LogP contribution in [0.3, 0.4) is 0 Å². The zero-order chi connectivity index (χ0) is 18.1. The molecule has 1 aliphatic rings. The lowest BCUT2D eigenvalue weighted by molar-refractivity contribution is -0.0666. The van der Waals surface area contributed by atoms with Crippen LogP contribution in [-0.4, -0.2) is 46.3 Å². The maximum atomic E-state index is 4.47. The van der Waals surface area contributed by atoms with Crippen molar-refractivity contribution >= 4 is 5.96 Å². The number of rotatable bonds is 4. The number of guanidine groups is 1. The largest absolute Gasteiger partial charge is 0.356 e. The van der Waals surface area contributed by atoms with Crippen molar-refractivity contribution in [3.8, 4) is 5.69 Å². The summed E-state index contributed by atoms with van der Waals surface area (Å²) in [5, 5.41) is 7.96. The van der Waals surface area contributed by atoms with E-state index in [2.05, 4.69) is 66.3 Å². The molecule has 3 rings (SSSR count). The Morgan fingerprint density at radius 2 is 1.92 bits per heavy atom. The first-order valence-electron chi connectivity index (χ1n) is 8.92. The Morgan fingerprint density at radius 3 is 2.52 bits per heavy atom. The van der Waals surface area contributed by atoms with E-state index in [0.717, 1.165) is 31.2 Å². The van der Waals surface area contributed by atoms with Gasteiger partial charge in [-0.2, -0.15) is 5.10 Å². The van der Waals surface area contributed by atoms with E-state index in [1.807, 2.05) is 36.1 Å². The van der Waals surface area contributed by atoms with Crippen molar-refractivity contribution < 1.29 is 0 Å². The van der Waals surface area contributed by atoms with Gasteiger partial charge in [-0.25, -0.2) is 4.68 Å². The standard InChI is InChI=1S/C20H29N5/c1-19(2)15-24(20(19,3)4)18(21-5)22-12-11-16-13-23-25(14-16)17-9-7-6-8-10-17/h6-10,13-14H,11-12,15H2,1-5H3,(H,21,22). The summed E-state index contributed by atoms with van der Waals surface area (Å²) >= 11 is 0. The Kier molecular flexibility index (Phi) is 4.58. The van der Waals surface area contributed by atoms with Gasteiger partial charge in [-0.1, -0.05) is 32.0 Å². The quantitative estimate of drug-likeness (QED) is 0.688. The second-order valence-electron chi connectivity index (χ2n) is 7.88. The molecule has 0 spiro atoms. The van der Waals surface area contributed by atoms with Gasteiger partial charge in [0.15, 0.2) is 5.96 Å². The fraction of sp³-hybridized carbons (Fsp3) is 0.500. The predicted molar refractivity (Wildman–Crippen MR) is 103 cm³/mol.